The van der Waals surface area contributed by atoms with E-state index in [0.717, 1.165) is 24.8 Å². The van der Waals surface area contributed by atoms with Crippen LogP contribution in [0, 0.1) is 0 Å². The van der Waals surface area contributed by atoms with Crippen molar-refractivity contribution >= 4 is 23.2 Å². The van der Waals surface area contributed by atoms with Crippen molar-refractivity contribution in [2.45, 2.75) is 44.9 Å². The summed E-state index contributed by atoms with van der Waals surface area (Å²) in [7, 11) is 4.31. The molecule has 0 aliphatic carbocycles. The first-order chi connectivity index (χ1) is 9.20. The van der Waals surface area contributed by atoms with Crippen molar-refractivity contribution in [1.29, 1.82) is 0 Å². The van der Waals surface area contributed by atoms with Gasteiger partial charge in [0.05, 0.1) is 0 Å². The van der Waals surface area contributed by atoms with Gasteiger partial charge in [-0.2, -0.15) is 0 Å². The van der Waals surface area contributed by atoms with E-state index in [4.69, 9.17) is 23.2 Å². The van der Waals surface area contributed by atoms with Crippen LogP contribution in [-0.2, 0) is 0 Å². The smallest absolute Gasteiger partial charge is 0.0351 e. The Morgan fingerprint density at radius 3 is 1.16 bits per heavy atom. The molecule has 0 amide bonds. The lowest BCUT2D eigenvalue weighted by Crippen LogP contribution is -2.21. The Morgan fingerprint density at radius 2 is 0.842 bits per heavy atom. The molecule has 116 valence electrons. The topological polar surface area (TPSA) is 6.48 Å². The van der Waals surface area contributed by atoms with Gasteiger partial charge in [-0.25, -0.2) is 0 Å². The van der Waals surface area contributed by atoms with Gasteiger partial charge >= 0.3 is 0 Å². The number of rotatable bonds is 14. The Hall–Kier alpha value is 0.500. The van der Waals surface area contributed by atoms with E-state index in [2.05, 4.69) is 23.9 Å². The van der Waals surface area contributed by atoms with E-state index in [1.165, 1.54) is 58.0 Å². The Labute approximate surface area is 130 Å². The highest BCUT2D eigenvalue weighted by molar-refractivity contribution is 6.18. The molecule has 0 radical (unpaired) electrons. The first-order valence-electron chi connectivity index (χ1n) is 7.69. The van der Waals surface area contributed by atoms with Crippen molar-refractivity contribution in [3.63, 3.8) is 0 Å². The molecule has 0 aromatic carbocycles. The third-order valence-corrected chi connectivity index (χ3v) is 3.85. The molecule has 0 fully saturated rings. The zero-order valence-electron chi connectivity index (χ0n) is 12.8. The van der Waals surface area contributed by atoms with Gasteiger partial charge in [0, 0.05) is 24.8 Å². The van der Waals surface area contributed by atoms with Crippen LogP contribution in [0.2, 0.25) is 0 Å². The number of nitrogens with zero attached hydrogens (tertiary/aromatic N) is 2. The average molecular weight is 311 g/mol. The molecule has 0 bridgehead atoms. The predicted octanol–water partition coefficient (Wildman–Crippen LogP) is 4.06. The van der Waals surface area contributed by atoms with Crippen LogP contribution in [0.5, 0.6) is 0 Å². The second-order valence-electron chi connectivity index (χ2n) is 5.46. The SMILES string of the molecule is CN(CCCl)CCCCCCCCCN(C)CCCl. The predicted molar refractivity (Wildman–Crippen MR) is 88.8 cm³/mol. The van der Waals surface area contributed by atoms with Gasteiger partial charge in [-0.15, -0.1) is 23.2 Å². The molecule has 2 nitrogen and oxygen atoms in total. The molecular formula is C15H32Cl2N2. The molecule has 0 saturated heterocycles. The normalized spacial score (nSPS) is 11.7. The molecule has 0 aliphatic heterocycles. The minimum Gasteiger partial charge on any atom is -0.305 e. The minimum absolute atomic E-state index is 0.745. The van der Waals surface area contributed by atoms with E-state index in [9.17, 15) is 0 Å². The van der Waals surface area contributed by atoms with Crippen LogP contribution in [-0.4, -0.2) is 61.8 Å². The quantitative estimate of drug-likeness (QED) is 0.353. The van der Waals surface area contributed by atoms with Gasteiger partial charge in [-0.05, 0) is 40.0 Å². The van der Waals surface area contributed by atoms with Crippen LogP contribution < -0.4 is 0 Å². The van der Waals surface area contributed by atoms with E-state index < -0.39 is 0 Å². The lowest BCUT2D eigenvalue weighted by Gasteiger charge is -2.15. The molecule has 0 atom stereocenters. The zero-order chi connectivity index (χ0) is 14.3. The molecule has 0 saturated carbocycles. The molecule has 4 heteroatoms. The molecule has 0 N–H and O–H groups in total. The van der Waals surface area contributed by atoms with E-state index in [0.29, 0.717) is 0 Å². The van der Waals surface area contributed by atoms with Gasteiger partial charge < -0.3 is 9.80 Å². The van der Waals surface area contributed by atoms with Gasteiger partial charge in [-0.3, -0.25) is 0 Å². The first-order valence-corrected chi connectivity index (χ1v) is 8.76. The highest BCUT2D eigenvalue weighted by atomic mass is 35.5. The fourth-order valence-corrected chi connectivity index (χ4v) is 2.74. The summed E-state index contributed by atoms with van der Waals surface area (Å²) < 4.78 is 0. The number of hydrogen-bond donors (Lipinski definition) is 0. The summed E-state index contributed by atoms with van der Waals surface area (Å²) in [6, 6.07) is 0. The number of alkyl halides is 2. The Bertz CT molecular complexity index is 162. The summed E-state index contributed by atoms with van der Waals surface area (Å²) in [4.78, 5) is 4.64. The van der Waals surface area contributed by atoms with E-state index in [-0.39, 0.29) is 0 Å². The maximum atomic E-state index is 5.70. The average Bonchev–Trinajstić information content (AvgIpc) is 2.37. The maximum absolute atomic E-state index is 5.70. The second-order valence-corrected chi connectivity index (χ2v) is 6.22. The van der Waals surface area contributed by atoms with Crippen molar-refractivity contribution in [2.75, 3.05) is 52.0 Å². The Kier molecular flexibility index (Phi) is 15.3. The summed E-state index contributed by atoms with van der Waals surface area (Å²) in [6.07, 6.45) is 9.49. The van der Waals surface area contributed by atoms with Gasteiger partial charge in [0.2, 0.25) is 0 Å². The van der Waals surface area contributed by atoms with Crippen molar-refractivity contribution < 1.29 is 0 Å². The fraction of sp³-hybridized carbons (Fsp3) is 1.00. The minimum atomic E-state index is 0.745. The highest BCUT2D eigenvalue weighted by Crippen LogP contribution is 2.08. The third-order valence-electron chi connectivity index (χ3n) is 3.51. The molecule has 0 spiro atoms. The lowest BCUT2D eigenvalue weighted by atomic mass is 10.1. The summed E-state index contributed by atoms with van der Waals surface area (Å²) in [5.74, 6) is 1.49. The third kappa shape index (κ3) is 14.7. The molecule has 0 unspecified atom stereocenters. The summed E-state index contributed by atoms with van der Waals surface area (Å²) in [5.41, 5.74) is 0. The molecule has 0 aromatic heterocycles. The van der Waals surface area contributed by atoms with Crippen LogP contribution in [0.25, 0.3) is 0 Å². The molecular weight excluding hydrogens is 279 g/mol. The van der Waals surface area contributed by atoms with E-state index >= 15 is 0 Å². The van der Waals surface area contributed by atoms with Gasteiger partial charge in [0.15, 0.2) is 0 Å². The van der Waals surface area contributed by atoms with Crippen molar-refractivity contribution in [2.24, 2.45) is 0 Å². The largest absolute Gasteiger partial charge is 0.305 e. The molecule has 19 heavy (non-hydrogen) atoms. The highest BCUT2D eigenvalue weighted by Gasteiger charge is 1.98. The monoisotopic (exact) mass is 310 g/mol. The number of unbranched alkanes of at least 4 members (excludes halogenated alkanes) is 6. The van der Waals surface area contributed by atoms with Gasteiger partial charge in [-0.1, -0.05) is 32.1 Å². The summed E-state index contributed by atoms with van der Waals surface area (Å²) in [6.45, 7) is 4.40. The van der Waals surface area contributed by atoms with Crippen LogP contribution in [0.3, 0.4) is 0 Å². The van der Waals surface area contributed by atoms with Crippen molar-refractivity contribution in [1.82, 2.24) is 9.80 Å². The first kappa shape index (κ1) is 19.5. The van der Waals surface area contributed by atoms with Crippen LogP contribution >= 0.6 is 23.2 Å². The standard InChI is InChI=1S/C15H32Cl2N2/c1-18(14-10-16)12-8-6-4-3-5-7-9-13-19(2)15-11-17/h3-15H2,1-2H3. The van der Waals surface area contributed by atoms with Crippen molar-refractivity contribution in [3.05, 3.63) is 0 Å². The molecule has 0 heterocycles. The van der Waals surface area contributed by atoms with E-state index in [1.807, 2.05) is 0 Å². The van der Waals surface area contributed by atoms with Gasteiger partial charge in [0.25, 0.3) is 0 Å². The molecule has 0 rings (SSSR count). The molecule has 0 aromatic rings. The second kappa shape index (κ2) is 14.9. The lowest BCUT2D eigenvalue weighted by molar-refractivity contribution is 0.337. The van der Waals surface area contributed by atoms with E-state index in [1.54, 1.807) is 0 Å². The van der Waals surface area contributed by atoms with Gasteiger partial charge in [0.1, 0.15) is 0 Å². The van der Waals surface area contributed by atoms with Crippen LogP contribution in [0.15, 0.2) is 0 Å². The summed E-state index contributed by atoms with van der Waals surface area (Å²) in [5, 5.41) is 0. The summed E-state index contributed by atoms with van der Waals surface area (Å²) >= 11 is 11.4. The fourth-order valence-electron chi connectivity index (χ4n) is 2.16. The van der Waals surface area contributed by atoms with Crippen molar-refractivity contribution in [3.8, 4) is 0 Å². The van der Waals surface area contributed by atoms with Crippen LogP contribution in [0.1, 0.15) is 44.9 Å². The maximum Gasteiger partial charge on any atom is 0.0351 e. The Balaban J connectivity index is 3.10. The number of halogens is 2. The Morgan fingerprint density at radius 1 is 0.526 bits per heavy atom. The number of hydrogen-bond acceptors (Lipinski definition) is 2. The van der Waals surface area contributed by atoms with Crippen LogP contribution in [0.4, 0.5) is 0 Å². The zero-order valence-corrected chi connectivity index (χ0v) is 14.4. The molecule has 0 aliphatic rings.